The predicted molar refractivity (Wildman–Crippen MR) is 61.1 cm³/mol. The quantitative estimate of drug-likeness (QED) is 0.747. The van der Waals surface area contributed by atoms with Crippen LogP contribution in [0.3, 0.4) is 0 Å². The minimum Gasteiger partial charge on any atom is -0.381 e. The molecule has 0 bridgehead atoms. The summed E-state index contributed by atoms with van der Waals surface area (Å²) in [4.78, 5) is 0. The molecule has 0 aliphatic carbocycles. The molecule has 2 rings (SSSR count). The van der Waals surface area contributed by atoms with Crippen molar-refractivity contribution in [3.63, 3.8) is 0 Å². The average Bonchev–Trinajstić information content (AvgIpc) is 2.78. The van der Waals surface area contributed by atoms with Gasteiger partial charge in [-0.05, 0) is 18.3 Å². The van der Waals surface area contributed by atoms with Gasteiger partial charge >= 0.3 is 0 Å². The van der Waals surface area contributed by atoms with Gasteiger partial charge in [0.05, 0.1) is 12.7 Å². The summed E-state index contributed by atoms with van der Waals surface area (Å²) >= 11 is 0. The smallest absolute Gasteiger partial charge is 0.0692 e. The molecule has 5 heteroatoms. The van der Waals surface area contributed by atoms with Crippen LogP contribution in [0.1, 0.15) is 19.8 Å². The van der Waals surface area contributed by atoms with Gasteiger partial charge in [0.25, 0.3) is 0 Å². The maximum Gasteiger partial charge on any atom is 0.0692 e. The van der Waals surface area contributed by atoms with Crippen molar-refractivity contribution in [1.82, 2.24) is 20.3 Å². The molecule has 1 aliphatic heterocycles. The van der Waals surface area contributed by atoms with Crippen LogP contribution in [0, 0.1) is 5.41 Å². The summed E-state index contributed by atoms with van der Waals surface area (Å²) in [6, 6.07) is 0. The Morgan fingerprint density at radius 1 is 1.44 bits per heavy atom. The lowest BCUT2D eigenvalue weighted by molar-refractivity contribution is 0.0241. The SMILES string of the molecule is CC1(CNCCn2ccnn2)CCOCC1. The van der Waals surface area contributed by atoms with Gasteiger partial charge < -0.3 is 10.1 Å². The molecule has 0 saturated carbocycles. The number of nitrogens with one attached hydrogen (secondary N) is 1. The lowest BCUT2D eigenvalue weighted by Crippen LogP contribution is -2.37. The van der Waals surface area contributed by atoms with E-state index in [1.807, 2.05) is 10.9 Å². The summed E-state index contributed by atoms with van der Waals surface area (Å²) in [5, 5.41) is 11.2. The van der Waals surface area contributed by atoms with E-state index in [1.165, 1.54) is 0 Å². The molecule has 0 atom stereocenters. The van der Waals surface area contributed by atoms with Crippen LogP contribution in [0.5, 0.6) is 0 Å². The molecule has 1 saturated heterocycles. The Labute approximate surface area is 96.2 Å². The van der Waals surface area contributed by atoms with Crippen LogP contribution in [0.2, 0.25) is 0 Å². The van der Waals surface area contributed by atoms with Gasteiger partial charge in [0.15, 0.2) is 0 Å². The molecule has 1 fully saturated rings. The summed E-state index contributed by atoms with van der Waals surface area (Å²) in [5.74, 6) is 0. The minimum absolute atomic E-state index is 0.403. The van der Waals surface area contributed by atoms with Crippen LogP contribution in [0.4, 0.5) is 0 Å². The topological polar surface area (TPSA) is 52.0 Å². The Balaban J connectivity index is 1.63. The van der Waals surface area contributed by atoms with Crippen molar-refractivity contribution < 1.29 is 4.74 Å². The van der Waals surface area contributed by atoms with Crippen molar-refractivity contribution >= 4 is 0 Å². The van der Waals surface area contributed by atoms with Gasteiger partial charge in [-0.1, -0.05) is 12.1 Å². The highest BCUT2D eigenvalue weighted by Crippen LogP contribution is 2.28. The Kier molecular flexibility index (Phi) is 3.90. The van der Waals surface area contributed by atoms with E-state index < -0.39 is 0 Å². The zero-order valence-electron chi connectivity index (χ0n) is 9.85. The third-order valence-corrected chi connectivity index (χ3v) is 3.24. The Morgan fingerprint density at radius 2 is 2.25 bits per heavy atom. The summed E-state index contributed by atoms with van der Waals surface area (Å²) in [7, 11) is 0. The van der Waals surface area contributed by atoms with Crippen LogP contribution in [-0.4, -0.2) is 41.3 Å². The van der Waals surface area contributed by atoms with Crippen LogP contribution in [0.15, 0.2) is 12.4 Å². The largest absolute Gasteiger partial charge is 0.381 e. The van der Waals surface area contributed by atoms with E-state index in [0.29, 0.717) is 5.41 Å². The van der Waals surface area contributed by atoms with Crippen molar-refractivity contribution in [2.75, 3.05) is 26.3 Å². The van der Waals surface area contributed by atoms with Gasteiger partial charge in [-0.3, -0.25) is 4.68 Å². The fraction of sp³-hybridized carbons (Fsp3) is 0.818. The van der Waals surface area contributed by atoms with E-state index in [4.69, 9.17) is 4.74 Å². The Bertz CT molecular complexity index is 293. The standard InChI is InChI=1S/C11H20N4O/c1-11(2-8-16-9-3-11)10-12-4-6-15-7-5-13-14-15/h5,7,12H,2-4,6,8-10H2,1H3. The highest BCUT2D eigenvalue weighted by Gasteiger charge is 2.26. The van der Waals surface area contributed by atoms with Gasteiger partial charge in [-0.2, -0.15) is 0 Å². The van der Waals surface area contributed by atoms with E-state index in [-0.39, 0.29) is 0 Å². The lowest BCUT2D eigenvalue weighted by Gasteiger charge is -2.33. The zero-order valence-corrected chi connectivity index (χ0v) is 9.85. The third kappa shape index (κ3) is 3.28. The molecular weight excluding hydrogens is 204 g/mol. The van der Waals surface area contributed by atoms with Gasteiger partial charge in [0, 0.05) is 32.5 Å². The van der Waals surface area contributed by atoms with Crippen LogP contribution < -0.4 is 5.32 Å². The monoisotopic (exact) mass is 224 g/mol. The summed E-state index contributed by atoms with van der Waals surface area (Å²) in [5.41, 5.74) is 0.403. The summed E-state index contributed by atoms with van der Waals surface area (Å²) in [6.07, 6.45) is 5.91. The molecule has 0 spiro atoms. The molecule has 16 heavy (non-hydrogen) atoms. The zero-order chi connectivity index (χ0) is 11.3. The van der Waals surface area contributed by atoms with Gasteiger partial charge in [-0.25, -0.2) is 0 Å². The van der Waals surface area contributed by atoms with Crippen LogP contribution in [-0.2, 0) is 11.3 Å². The van der Waals surface area contributed by atoms with E-state index in [1.54, 1.807) is 6.20 Å². The number of hydrogen-bond acceptors (Lipinski definition) is 4. The molecule has 1 aromatic heterocycles. The molecule has 1 aromatic rings. The average molecular weight is 224 g/mol. The minimum atomic E-state index is 0.403. The maximum absolute atomic E-state index is 5.38. The van der Waals surface area contributed by atoms with E-state index in [2.05, 4.69) is 22.6 Å². The second kappa shape index (κ2) is 5.41. The number of rotatable bonds is 5. The molecular formula is C11H20N4O. The molecule has 0 unspecified atom stereocenters. The van der Waals surface area contributed by atoms with Gasteiger partial charge in [-0.15, -0.1) is 5.10 Å². The normalized spacial score (nSPS) is 19.8. The van der Waals surface area contributed by atoms with Crippen LogP contribution >= 0.6 is 0 Å². The second-order valence-electron chi connectivity index (χ2n) is 4.77. The fourth-order valence-electron chi connectivity index (χ4n) is 1.98. The van der Waals surface area contributed by atoms with Crippen molar-refractivity contribution in [2.45, 2.75) is 26.3 Å². The lowest BCUT2D eigenvalue weighted by atomic mass is 9.82. The van der Waals surface area contributed by atoms with E-state index >= 15 is 0 Å². The summed E-state index contributed by atoms with van der Waals surface area (Å²) in [6.45, 7) is 7.03. The number of hydrogen-bond donors (Lipinski definition) is 1. The summed E-state index contributed by atoms with van der Waals surface area (Å²) < 4.78 is 7.23. The van der Waals surface area contributed by atoms with Crippen LogP contribution in [0.25, 0.3) is 0 Å². The maximum atomic E-state index is 5.38. The first-order valence-electron chi connectivity index (χ1n) is 5.91. The highest BCUT2D eigenvalue weighted by molar-refractivity contribution is 4.79. The number of aromatic nitrogens is 3. The van der Waals surface area contributed by atoms with E-state index in [0.717, 1.165) is 45.7 Å². The van der Waals surface area contributed by atoms with Crippen molar-refractivity contribution in [2.24, 2.45) is 5.41 Å². The van der Waals surface area contributed by atoms with Crippen molar-refractivity contribution in [3.8, 4) is 0 Å². The first-order chi connectivity index (χ1) is 7.79. The molecule has 0 radical (unpaired) electrons. The van der Waals surface area contributed by atoms with E-state index in [9.17, 15) is 0 Å². The molecule has 1 N–H and O–H groups in total. The fourth-order valence-corrected chi connectivity index (χ4v) is 1.98. The first kappa shape index (κ1) is 11.5. The first-order valence-corrected chi connectivity index (χ1v) is 5.91. The molecule has 2 heterocycles. The molecule has 0 aromatic carbocycles. The predicted octanol–water partition coefficient (Wildman–Crippen LogP) is 0.684. The number of nitrogens with zero attached hydrogens (tertiary/aromatic N) is 3. The molecule has 1 aliphatic rings. The van der Waals surface area contributed by atoms with Gasteiger partial charge in [0.2, 0.25) is 0 Å². The third-order valence-electron chi connectivity index (χ3n) is 3.24. The van der Waals surface area contributed by atoms with Gasteiger partial charge in [0.1, 0.15) is 0 Å². The Hall–Kier alpha value is -0.940. The second-order valence-corrected chi connectivity index (χ2v) is 4.77. The highest BCUT2D eigenvalue weighted by atomic mass is 16.5. The molecule has 0 amide bonds. The Morgan fingerprint density at radius 3 is 2.94 bits per heavy atom. The van der Waals surface area contributed by atoms with Crippen molar-refractivity contribution in [1.29, 1.82) is 0 Å². The van der Waals surface area contributed by atoms with Crippen molar-refractivity contribution in [3.05, 3.63) is 12.4 Å². The number of ether oxygens (including phenoxy) is 1. The molecule has 90 valence electrons. The molecule has 5 nitrogen and oxygen atoms in total.